The summed E-state index contributed by atoms with van der Waals surface area (Å²) < 4.78 is 32.5. The van der Waals surface area contributed by atoms with E-state index in [9.17, 15) is 14.4 Å². The molecule has 6 rings (SSSR count). The molecule has 0 atom stereocenters. The summed E-state index contributed by atoms with van der Waals surface area (Å²) in [4.78, 5) is 39.2. The van der Waals surface area contributed by atoms with E-state index in [1.165, 1.54) is 0 Å². The van der Waals surface area contributed by atoms with Crippen molar-refractivity contribution in [1.82, 2.24) is 0 Å². The first-order valence-corrected chi connectivity index (χ1v) is 19.1. The number of ether oxygens (including phenoxy) is 6. The van der Waals surface area contributed by atoms with Gasteiger partial charge in [-0.1, -0.05) is 66.4 Å². The number of rotatable bonds is 7. The molecule has 5 aromatic rings. The van der Waals surface area contributed by atoms with Crippen LogP contribution in [0.3, 0.4) is 0 Å². The molecule has 0 amide bonds. The summed E-state index contributed by atoms with van der Waals surface area (Å²) in [6.07, 6.45) is -2.34. The van der Waals surface area contributed by atoms with Gasteiger partial charge < -0.3 is 28.4 Å². The number of carbonyl (C=O) groups excluding carboxylic acids is 3. The fourth-order valence-corrected chi connectivity index (χ4v) is 7.33. The maximum atomic E-state index is 12.5. The van der Waals surface area contributed by atoms with Gasteiger partial charge in [-0.3, -0.25) is 0 Å². The first kappa shape index (κ1) is 39.9. The highest BCUT2D eigenvalue weighted by Gasteiger charge is 2.46. The Labute approximate surface area is 332 Å². The Morgan fingerprint density at radius 3 is 1.25 bits per heavy atom. The lowest BCUT2D eigenvalue weighted by atomic mass is 9.67. The highest BCUT2D eigenvalue weighted by Crippen LogP contribution is 2.57. The quantitative estimate of drug-likeness (QED) is 0.0883. The predicted octanol–water partition coefficient (Wildman–Crippen LogP) is 12.1. The van der Waals surface area contributed by atoms with Gasteiger partial charge in [0, 0.05) is 9.79 Å². The lowest BCUT2D eigenvalue weighted by Crippen LogP contribution is -2.29. The number of hydrogen-bond acceptors (Lipinski definition) is 10. The van der Waals surface area contributed by atoms with Crippen LogP contribution in [0.25, 0.3) is 11.1 Å². The molecule has 1 aliphatic rings. The maximum Gasteiger partial charge on any atom is 0.514 e. The molecule has 5 aromatic carbocycles. The summed E-state index contributed by atoms with van der Waals surface area (Å²) in [5.41, 5.74) is 3.17. The monoisotopic (exact) mass is 774 g/mol. The standard InChI is InChI=1S/C46H46O9S/c1-43(2,3)53-40(47)50-31-18-14-29(15-19-31)46(30-16-20-32(21-17-30)51-41(48)54-44(4,5)6)38-13-11-10-12-36(38)37-27-26-35(28-39(37)46)56-34-24-22-33(23-25-34)52-42(49)55-45(7,8)9/h10-28H,1-9H3. The molecule has 1 aliphatic carbocycles. The van der Waals surface area contributed by atoms with Crippen molar-refractivity contribution in [2.24, 2.45) is 0 Å². The van der Waals surface area contributed by atoms with Gasteiger partial charge in [0.2, 0.25) is 0 Å². The van der Waals surface area contributed by atoms with E-state index in [1.807, 2.05) is 48.5 Å². The Balaban J connectivity index is 1.41. The van der Waals surface area contributed by atoms with E-state index < -0.39 is 40.7 Å². The van der Waals surface area contributed by atoms with Crippen LogP contribution in [0.15, 0.2) is 125 Å². The molecule has 0 unspecified atom stereocenters. The lowest BCUT2D eigenvalue weighted by Gasteiger charge is -2.34. The molecule has 0 bridgehead atoms. The van der Waals surface area contributed by atoms with E-state index in [2.05, 4.69) is 30.3 Å². The van der Waals surface area contributed by atoms with Crippen molar-refractivity contribution in [3.05, 3.63) is 138 Å². The van der Waals surface area contributed by atoms with Crippen LogP contribution in [0.1, 0.15) is 84.6 Å². The zero-order chi connectivity index (χ0) is 40.5. The number of fused-ring (bicyclic) bond motifs is 3. The normalized spacial score (nSPS) is 13.2. The van der Waals surface area contributed by atoms with E-state index in [-0.39, 0.29) is 0 Å². The minimum Gasteiger partial charge on any atom is -0.428 e. The van der Waals surface area contributed by atoms with Crippen LogP contribution in [0.5, 0.6) is 17.2 Å². The second-order valence-electron chi connectivity index (χ2n) is 16.3. The van der Waals surface area contributed by atoms with Crippen LogP contribution >= 0.6 is 11.8 Å². The fraction of sp³-hybridized carbons (Fsp3) is 0.283. The zero-order valence-electron chi connectivity index (χ0n) is 33.1. The Kier molecular flexibility index (Phi) is 11.0. The van der Waals surface area contributed by atoms with E-state index in [1.54, 1.807) is 110 Å². The average molecular weight is 775 g/mol. The highest BCUT2D eigenvalue weighted by atomic mass is 32.2. The largest absolute Gasteiger partial charge is 0.514 e. The molecule has 0 saturated carbocycles. The minimum absolute atomic E-state index is 0.342. The Hall–Kier alpha value is -5.74. The van der Waals surface area contributed by atoms with Crippen LogP contribution in [-0.4, -0.2) is 35.3 Å². The van der Waals surface area contributed by atoms with E-state index in [4.69, 9.17) is 28.4 Å². The molecule has 56 heavy (non-hydrogen) atoms. The van der Waals surface area contributed by atoms with E-state index >= 15 is 0 Å². The van der Waals surface area contributed by atoms with Crippen molar-refractivity contribution in [2.45, 2.75) is 94.3 Å². The van der Waals surface area contributed by atoms with Crippen molar-refractivity contribution >= 4 is 30.2 Å². The topological polar surface area (TPSA) is 107 Å². The molecule has 290 valence electrons. The first-order chi connectivity index (χ1) is 26.3. The number of benzene rings is 5. The molecule has 0 aromatic heterocycles. The van der Waals surface area contributed by atoms with Gasteiger partial charge in [-0.15, -0.1) is 0 Å². The predicted molar refractivity (Wildman–Crippen MR) is 215 cm³/mol. The van der Waals surface area contributed by atoms with Crippen molar-refractivity contribution < 1.29 is 42.8 Å². The molecule has 0 fully saturated rings. The summed E-state index contributed by atoms with van der Waals surface area (Å²) >= 11 is 1.57. The number of hydrogen-bond donors (Lipinski definition) is 0. The van der Waals surface area contributed by atoms with Crippen LogP contribution in [0, 0.1) is 0 Å². The van der Waals surface area contributed by atoms with E-state index in [0.29, 0.717) is 17.2 Å². The summed E-state index contributed by atoms with van der Waals surface area (Å²) in [5, 5.41) is 0. The molecule has 0 N–H and O–H groups in total. The van der Waals surface area contributed by atoms with Gasteiger partial charge in [0.25, 0.3) is 0 Å². The molecule has 0 saturated heterocycles. The Bertz CT molecular complexity index is 2150. The lowest BCUT2D eigenvalue weighted by molar-refractivity contribution is 0.0193. The summed E-state index contributed by atoms with van der Waals surface area (Å²) in [5.74, 6) is 1.06. The SMILES string of the molecule is CC(C)(C)OC(=O)Oc1ccc(Sc2ccc3c(c2)C(c2ccc(OC(=O)OC(C)(C)C)cc2)(c2ccc(OC(=O)OC(C)(C)C)cc2)c2ccccc2-3)cc1. The van der Waals surface area contributed by atoms with Gasteiger partial charge in [0.1, 0.15) is 34.1 Å². The summed E-state index contributed by atoms with van der Waals surface area (Å²) in [7, 11) is 0. The van der Waals surface area contributed by atoms with Gasteiger partial charge in [0.05, 0.1) is 5.41 Å². The van der Waals surface area contributed by atoms with Crippen LogP contribution in [0.2, 0.25) is 0 Å². The molecule has 10 heteroatoms. The Morgan fingerprint density at radius 1 is 0.446 bits per heavy atom. The van der Waals surface area contributed by atoms with Crippen LogP contribution in [-0.2, 0) is 19.6 Å². The second-order valence-corrected chi connectivity index (χ2v) is 17.5. The minimum atomic E-state index is -0.831. The van der Waals surface area contributed by atoms with Crippen molar-refractivity contribution in [2.75, 3.05) is 0 Å². The highest BCUT2D eigenvalue weighted by molar-refractivity contribution is 7.99. The van der Waals surface area contributed by atoms with Gasteiger partial charge in [0.15, 0.2) is 0 Å². The van der Waals surface area contributed by atoms with Crippen molar-refractivity contribution in [1.29, 1.82) is 0 Å². The summed E-state index contributed by atoms with van der Waals surface area (Å²) in [6, 6.07) is 36.9. The first-order valence-electron chi connectivity index (χ1n) is 18.2. The van der Waals surface area contributed by atoms with Gasteiger partial charge in [-0.2, -0.15) is 0 Å². The third-order valence-corrected chi connectivity index (χ3v) is 9.42. The molecule has 0 aliphatic heterocycles. The number of carbonyl (C=O) groups is 3. The van der Waals surface area contributed by atoms with Crippen LogP contribution in [0.4, 0.5) is 14.4 Å². The molecule has 0 spiro atoms. The van der Waals surface area contributed by atoms with Crippen LogP contribution < -0.4 is 14.2 Å². The van der Waals surface area contributed by atoms with Gasteiger partial charge in [-0.25, -0.2) is 14.4 Å². The van der Waals surface area contributed by atoms with E-state index in [0.717, 1.165) is 43.2 Å². The fourth-order valence-electron chi connectivity index (χ4n) is 6.47. The molecule has 9 nitrogen and oxygen atoms in total. The third-order valence-electron chi connectivity index (χ3n) is 8.42. The Morgan fingerprint density at radius 2 is 0.821 bits per heavy atom. The van der Waals surface area contributed by atoms with Gasteiger partial charge >= 0.3 is 18.5 Å². The van der Waals surface area contributed by atoms with Crippen molar-refractivity contribution in [3.8, 4) is 28.4 Å². The smallest absolute Gasteiger partial charge is 0.428 e. The molecular formula is C46H46O9S. The summed E-state index contributed by atoms with van der Waals surface area (Å²) in [6.45, 7) is 16.0. The zero-order valence-corrected chi connectivity index (χ0v) is 33.9. The van der Waals surface area contributed by atoms with Gasteiger partial charge in [-0.05, 0) is 156 Å². The molecular weight excluding hydrogens is 729 g/mol. The maximum absolute atomic E-state index is 12.5. The molecule has 0 heterocycles. The third kappa shape index (κ3) is 9.37. The second kappa shape index (κ2) is 15.4. The molecule has 0 radical (unpaired) electrons. The average Bonchev–Trinajstić information content (AvgIpc) is 3.38. The van der Waals surface area contributed by atoms with Crippen molar-refractivity contribution in [3.63, 3.8) is 0 Å².